The van der Waals surface area contributed by atoms with E-state index in [1.54, 1.807) is 11.4 Å². The van der Waals surface area contributed by atoms with E-state index >= 15 is 0 Å². The highest BCUT2D eigenvalue weighted by Gasteiger charge is 2.28. The molecule has 1 atom stereocenters. The standard InChI is InChI=1S/C17H23N5O2S/c1-12(16(24)20-17-13(10-18)4-9-25-17)22-7-5-21(6-8-22)11-15(23)19-14-2-3-14/h4,9,12,14H,2-3,5-8,11H2,1H3,(H,19,23)(H,20,24)/t12-/m1/s1. The number of hydrogen-bond acceptors (Lipinski definition) is 6. The van der Waals surface area contributed by atoms with Crippen LogP contribution in [-0.2, 0) is 9.59 Å². The first-order chi connectivity index (χ1) is 12.1. The van der Waals surface area contributed by atoms with E-state index in [4.69, 9.17) is 5.26 Å². The highest BCUT2D eigenvalue weighted by Crippen LogP contribution is 2.23. The number of nitriles is 1. The second-order valence-corrected chi connectivity index (χ2v) is 7.51. The van der Waals surface area contributed by atoms with Gasteiger partial charge in [0.05, 0.1) is 18.2 Å². The van der Waals surface area contributed by atoms with Gasteiger partial charge in [-0.05, 0) is 31.2 Å². The van der Waals surface area contributed by atoms with Crippen LogP contribution in [0.25, 0.3) is 0 Å². The van der Waals surface area contributed by atoms with E-state index in [1.807, 2.05) is 6.92 Å². The van der Waals surface area contributed by atoms with Crippen LogP contribution in [0, 0.1) is 11.3 Å². The van der Waals surface area contributed by atoms with Crippen LogP contribution in [0.4, 0.5) is 5.00 Å². The predicted octanol–water partition coefficient (Wildman–Crippen LogP) is 0.843. The third-order valence-corrected chi connectivity index (χ3v) is 5.50. The lowest BCUT2D eigenvalue weighted by molar-refractivity contribution is -0.124. The molecule has 0 aromatic carbocycles. The van der Waals surface area contributed by atoms with Crippen LogP contribution in [0.2, 0.25) is 0 Å². The van der Waals surface area contributed by atoms with E-state index in [0.29, 0.717) is 23.2 Å². The van der Waals surface area contributed by atoms with Gasteiger partial charge >= 0.3 is 0 Å². The number of amides is 2. The monoisotopic (exact) mass is 361 g/mol. The smallest absolute Gasteiger partial charge is 0.242 e. The van der Waals surface area contributed by atoms with Crippen LogP contribution >= 0.6 is 11.3 Å². The molecule has 1 aliphatic carbocycles. The van der Waals surface area contributed by atoms with E-state index in [0.717, 1.165) is 39.0 Å². The Balaban J connectivity index is 1.44. The Kier molecular flexibility index (Phi) is 5.68. The van der Waals surface area contributed by atoms with Crippen molar-refractivity contribution in [1.82, 2.24) is 15.1 Å². The van der Waals surface area contributed by atoms with Crippen LogP contribution in [0.15, 0.2) is 11.4 Å². The van der Waals surface area contributed by atoms with Crippen molar-refractivity contribution in [2.24, 2.45) is 0 Å². The fraction of sp³-hybridized carbons (Fsp3) is 0.588. The number of nitrogens with zero attached hydrogens (tertiary/aromatic N) is 3. The van der Waals surface area contributed by atoms with Crippen LogP contribution in [-0.4, -0.2) is 66.4 Å². The Labute approximate surface area is 151 Å². The van der Waals surface area contributed by atoms with Crippen LogP contribution in [0.3, 0.4) is 0 Å². The summed E-state index contributed by atoms with van der Waals surface area (Å²) in [7, 11) is 0. The van der Waals surface area contributed by atoms with Gasteiger partial charge in [0, 0.05) is 32.2 Å². The first kappa shape index (κ1) is 17.9. The quantitative estimate of drug-likeness (QED) is 0.784. The molecule has 2 aliphatic rings. The van der Waals surface area contributed by atoms with Crippen molar-refractivity contribution in [2.75, 3.05) is 38.0 Å². The number of piperazine rings is 1. The maximum atomic E-state index is 12.4. The Bertz CT molecular complexity index is 671. The summed E-state index contributed by atoms with van der Waals surface area (Å²) in [6.45, 7) is 5.37. The van der Waals surface area contributed by atoms with Gasteiger partial charge in [0.15, 0.2) is 0 Å². The highest BCUT2D eigenvalue weighted by molar-refractivity contribution is 7.14. The molecule has 1 aromatic heterocycles. The predicted molar refractivity (Wildman–Crippen MR) is 96.3 cm³/mol. The molecule has 8 heteroatoms. The van der Waals surface area contributed by atoms with Gasteiger partial charge < -0.3 is 10.6 Å². The van der Waals surface area contributed by atoms with Crippen LogP contribution in [0.5, 0.6) is 0 Å². The zero-order valence-electron chi connectivity index (χ0n) is 14.3. The summed E-state index contributed by atoms with van der Waals surface area (Å²) in [6, 6.07) is 3.91. The Morgan fingerprint density at radius 2 is 2.08 bits per heavy atom. The molecule has 1 saturated carbocycles. The fourth-order valence-corrected chi connectivity index (χ4v) is 3.63. The lowest BCUT2D eigenvalue weighted by Gasteiger charge is -2.37. The molecule has 2 amide bonds. The first-order valence-electron chi connectivity index (χ1n) is 8.61. The van der Waals surface area contributed by atoms with Crippen molar-refractivity contribution in [2.45, 2.75) is 31.8 Å². The molecule has 134 valence electrons. The lowest BCUT2D eigenvalue weighted by atomic mass is 10.2. The Morgan fingerprint density at radius 3 is 2.72 bits per heavy atom. The topological polar surface area (TPSA) is 88.5 Å². The van der Waals surface area contributed by atoms with Crippen molar-refractivity contribution >= 4 is 28.2 Å². The van der Waals surface area contributed by atoms with Gasteiger partial charge in [-0.1, -0.05) is 0 Å². The number of rotatable bonds is 6. The summed E-state index contributed by atoms with van der Waals surface area (Å²) in [4.78, 5) is 28.5. The minimum absolute atomic E-state index is 0.0983. The molecule has 1 aliphatic heterocycles. The third-order valence-electron chi connectivity index (χ3n) is 4.67. The van der Waals surface area contributed by atoms with Gasteiger partial charge in [0.1, 0.15) is 11.1 Å². The van der Waals surface area contributed by atoms with E-state index in [2.05, 4.69) is 26.5 Å². The zero-order chi connectivity index (χ0) is 17.8. The van der Waals surface area contributed by atoms with E-state index in [9.17, 15) is 9.59 Å². The summed E-state index contributed by atoms with van der Waals surface area (Å²) < 4.78 is 0. The van der Waals surface area contributed by atoms with Gasteiger partial charge in [-0.3, -0.25) is 19.4 Å². The van der Waals surface area contributed by atoms with Gasteiger partial charge in [-0.15, -0.1) is 11.3 Å². The second-order valence-electron chi connectivity index (χ2n) is 6.59. The van der Waals surface area contributed by atoms with E-state index < -0.39 is 0 Å². The molecule has 3 rings (SSSR count). The molecule has 25 heavy (non-hydrogen) atoms. The Hall–Kier alpha value is -1.95. The van der Waals surface area contributed by atoms with Crippen LogP contribution in [0.1, 0.15) is 25.3 Å². The van der Waals surface area contributed by atoms with E-state index in [1.165, 1.54) is 11.3 Å². The average molecular weight is 361 g/mol. The SMILES string of the molecule is C[C@H](C(=O)Nc1sccc1C#N)N1CCN(CC(=O)NC2CC2)CC1. The molecule has 0 unspecified atom stereocenters. The molecule has 7 nitrogen and oxygen atoms in total. The molecule has 2 fully saturated rings. The number of thiophene rings is 1. The summed E-state index contributed by atoms with van der Waals surface area (Å²) in [5, 5.41) is 17.3. The molecular weight excluding hydrogens is 338 g/mol. The average Bonchev–Trinajstić information content (AvgIpc) is 3.30. The molecule has 1 aromatic rings. The zero-order valence-corrected chi connectivity index (χ0v) is 15.1. The molecular formula is C17H23N5O2S. The lowest BCUT2D eigenvalue weighted by Crippen LogP contribution is -2.54. The van der Waals surface area contributed by atoms with Crippen molar-refractivity contribution in [3.63, 3.8) is 0 Å². The number of carbonyl (C=O) groups is 2. The third kappa shape index (κ3) is 4.78. The summed E-state index contributed by atoms with van der Waals surface area (Å²) >= 11 is 1.36. The van der Waals surface area contributed by atoms with Gasteiger partial charge in [-0.2, -0.15) is 5.26 Å². The minimum Gasteiger partial charge on any atom is -0.352 e. The summed E-state index contributed by atoms with van der Waals surface area (Å²) in [5.74, 6) is 0.00217. The number of anilines is 1. The first-order valence-corrected chi connectivity index (χ1v) is 9.49. The summed E-state index contributed by atoms with van der Waals surface area (Å²) in [5.41, 5.74) is 0.497. The minimum atomic E-state index is -0.268. The normalized spacial score (nSPS) is 19.8. The Morgan fingerprint density at radius 1 is 1.36 bits per heavy atom. The van der Waals surface area contributed by atoms with Crippen molar-refractivity contribution in [3.05, 3.63) is 17.0 Å². The maximum absolute atomic E-state index is 12.4. The molecule has 2 heterocycles. The molecule has 0 radical (unpaired) electrons. The molecule has 2 N–H and O–H groups in total. The molecule has 0 bridgehead atoms. The van der Waals surface area contributed by atoms with Gasteiger partial charge in [-0.25, -0.2) is 0 Å². The van der Waals surface area contributed by atoms with E-state index in [-0.39, 0.29) is 17.9 Å². The molecule has 1 saturated heterocycles. The highest BCUT2D eigenvalue weighted by atomic mass is 32.1. The van der Waals surface area contributed by atoms with Crippen molar-refractivity contribution in [1.29, 1.82) is 5.26 Å². The second kappa shape index (κ2) is 7.95. The van der Waals surface area contributed by atoms with Crippen LogP contribution < -0.4 is 10.6 Å². The summed E-state index contributed by atoms with van der Waals surface area (Å²) in [6.07, 6.45) is 2.20. The van der Waals surface area contributed by atoms with Gasteiger partial charge in [0.25, 0.3) is 0 Å². The molecule has 0 spiro atoms. The maximum Gasteiger partial charge on any atom is 0.242 e. The van der Waals surface area contributed by atoms with Crippen molar-refractivity contribution < 1.29 is 9.59 Å². The number of hydrogen-bond donors (Lipinski definition) is 2. The largest absolute Gasteiger partial charge is 0.352 e. The van der Waals surface area contributed by atoms with Gasteiger partial charge in [0.2, 0.25) is 11.8 Å². The fourth-order valence-electron chi connectivity index (χ4n) is 2.89. The van der Waals surface area contributed by atoms with Crippen molar-refractivity contribution in [3.8, 4) is 6.07 Å². The number of carbonyl (C=O) groups excluding carboxylic acids is 2. The number of nitrogens with one attached hydrogen (secondary N) is 2.